The minimum absolute atomic E-state index is 0.0578. The molecular formula is C15H13BrClNOS. The van der Waals surface area contributed by atoms with Gasteiger partial charge < -0.3 is 5.32 Å². The first kappa shape index (κ1) is 14.1. The highest BCUT2D eigenvalue weighted by Crippen LogP contribution is 2.33. The zero-order valence-corrected chi connectivity index (χ0v) is 13.8. The molecule has 1 N–H and O–H groups in total. The first-order chi connectivity index (χ1) is 9.65. The van der Waals surface area contributed by atoms with Crippen LogP contribution in [0.3, 0.4) is 0 Å². The molecule has 1 atom stereocenters. The topological polar surface area (TPSA) is 29.1 Å². The number of nitrogens with one attached hydrogen (secondary N) is 1. The molecule has 0 saturated carbocycles. The minimum Gasteiger partial charge on any atom is -0.345 e. The van der Waals surface area contributed by atoms with Crippen LogP contribution in [0.5, 0.6) is 0 Å². The molecule has 1 amide bonds. The fourth-order valence-electron chi connectivity index (χ4n) is 2.55. The lowest BCUT2D eigenvalue weighted by molar-refractivity contribution is 0.0932. The Morgan fingerprint density at radius 3 is 3.05 bits per heavy atom. The van der Waals surface area contributed by atoms with Gasteiger partial charge in [-0.15, -0.1) is 11.3 Å². The second kappa shape index (κ2) is 5.88. The Bertz CT molecular complexity index is 655. The van der Waals surface area contributed by atoms with Crippen molar-refractivity contribution in [3.8, 4) is 0 Å². The predicted molar refractivity (Wildman–Crippen MR) is 86.6 cm³/mol. The van der Waals surface area contributed by atoms with Gasteiger partial charge in [0, 0.05) is 14.4 Å². The zero-order valence-electron chi connectivity index (χ0n) is 10.7. The first-order valence-corrected chi connectivity index (χ1v) is 8.52. The number of aryl methyl sites for hydroxylation is 1. The average molecular weight is 371 g/mol. The Labute approximate surface area is 135 Å². The number of fused-ring (bicyclic) bond motifs is 1. The number of carbonyl (C=O) groups excluding carboxylic acids is 1. The Balaban J connectivity index is 1.81. The van der Waals surface area contributed by atoms with Gasteiger partial charge in [-0.25, -0.2) is 0 Å². The highest BCUT2D eigenvalue weighted by Gasteiger charge is 2.23. The van der Waals surface area contributed by atoms with Gasteiger partial charge in [-0.2, -0.15) is 0 Å². The summed E-state index contributed by atoms with van der Waals surface area (Å²) in [4.78, 5) is 13.8. The van der Waals surface area contributed by atoms with Crippen molar-refractivity contribution < 1.29 is 4.79 Å². The van der Waals surface area contributed by atoms with Crippen molar-refractivity contribution in [3.63, 3.8) is 0 Å². The molecule has 0 aliphatic heterocycles. The van der Waals surface area contributed by atoms with Crippen molar-refractivity contribution in [2.75, 3.05) is 0 Å². The van der Waals surface area contributed by atoms with Crippen LogP contribution in [-0.2, 0) is 6.42 Å². The lowest BCUT2D eigenvalue weighted by Crippen LogP contribution is -2.30. The normalized spacial score (nSPS) is 17.6. The summed E-state index contributed by atoms with van der Waals surface area (Å²) < 4.78 is 0.726. The van der Waals surface area contributed by atoms with Gasteiger partial charge in [-0.1, -0.05) is 11.6 Å². The summed E-state index contributed by atoms with van der Waals surface area (Å²) in [6.45, 7) is 0. The van der Waals surface area contributed by atoms with E-state index in [1.54, 1.807) is 29.5 Å². The molecule has 1 aliphatic carbocycles. The van der Waals surface area contributed by atoms with Crippen LogP contribution in [-0.4, -0.2) is 5.91 Å². The molecule has 1 unspecified atom stereocenters. The molecule has 0 fully saturated rings. The van der Waals surface area contributed by atoms with Gasteiger partial charge in [0.2, 0.25) is 0 Å². The maximum Gasteiger partial charge on any atom is 0.252 e. The van der Waals surface area contributed by atoms with Gasteiger partial charge in [0.1, 0.15) is 0 Å². The third-order valence-electron chi connectivity index (χ3n) is 3.53. The molecular weight excluding hydrogens is 358 g/mol. The fraction of sp³-hybridized carbons (Fsp3) is 0.267. The summed E-state index contributed by atoms with van der Waals surface area (Å²) in [5, 5.41) is 5.85. The molecule has 3 rings (SSSR count). The third kappa shape index (κ3) is 2.78. The number of amides is 1. The van der Waals surface area contributed by atoms with E-state index in [0.717, 1.165) is 23.7 Å². The van der Waals surface area contributed by atoms with Crippen molar-refractivity contribution in [2.45, 2.75) is 25.3 Å². The zero-order chi connectivity index (χ0) is 14.1. The van der Waals surface area contributed by atoms with E-state index in [1.807, 2.05) is 0 Å². The molecule has 5 heteroatoms. The minimum atomic E-state index is -0.0578. The number of hydrogen-bond donors (Lipinski definition) is 1. The highest BCUT2D eigenvalue weighted by atomic mass is 79.9. The van der Waals surface area contributed by atoms with E-state index in [4.69, 9.17) is 11.6 Å². The van der Waals surface area contributed by atoms with Gasteiger partial charge in [-0.05, 0) is 70.4 Å². The van der Waals surface area contributed by atoms with Gasteiger partial charge in [0.25, 0.3) is 5.91 Å². The van der Waals surface area contributed by atoms with Gasteiger partial charge in [0.05, 0.1) is 11.6 Å². The lowest BCUT2D eigenvalue weighted by Gasteiger charge is -2.24. The molecule has 2 nitrogen and oxygen atoms in total. The smallest absolute Gasteiger partial charge is 0.252 e. The number of benzene rings is 1. The molecule has 2 aromatic rings. The van der Waals surface area contributed by atoms with Crippen LogP contribution in [0.2, 0.25) is 5.02 Å². The maximum atomic E-state index is 12.4. The van der Waals surface area contributed by atoms with Crippen LogP contribution in [0.4, 0.5) is 0 Å². The van der Waals surface area contributed by atoms with Crippen molar-refractivity contribution in [3.05, 3.63) is 55.1 Å². The average Bonchev–Trinajstić information content (AvgIpc) is 2.87. The Hall–Kier alpha value is -0.840. The number of thiophene rings is 1. The van der Waals surface area contributed by atoms with Crippen LogP contribution in [0.1, 0.15) is 39.7 Å². The van der Waals surface area contributed by atoms with Crippen LogP contribution in [0.15, 0.2) is 34.1 Å². The number of hydrogen-bond acceptors (Lipinski definition) is 2. The summed E-state index contributed by atoms with van der Waals surface area (Å²) in [6, 6.07) is 7.48. The molecule has 1 aromatic heterocycles. The first-order valence-electron chi connectivity index (χ1n) is 6.47. The standard InChI is InChI=1S/C15H13BrClNOS/c16-12-8-9(17)4-5-10(12)15(19)18-13-2-1-3-14-11(13)6-7-20-14/h4-8,13H,1-3H2,(H,18,19). The Morgan fingerprint density at radius 1 is 1.40 bits per heavy atom. The van der Waals surface area contributed by atoms with Gasteiger partial charge in [0.15, 0.2) is 0 Å². The second-order valence-electron chi connectivity index (χ2n) is 4.84. The molecule has 0 spiro atoms. The molecule has 1 aliphatic rings. The third-order valence-corrected chi connectivity index (χ3v) is 5.42. The van der Waals surface area contributed by atoms with Gasteiger partial charge >= 0.3 is 0 Å². The molecule has 0 bridgehead atoms. The quantitative estimate of drug-likeness (QED) is 0.794. The van der Waals surface area contributed by atoms with Crippen LogP contribution in [0, 0.1) is 0 Å². The van der Waals surface area contributed by atoms with E-state index in [9.17, 15) is 4.79 Å². The van der Waals surface area contributed by atoms with Crippen LogP contribution >= 0.6 is 38.9 Å². The van der Waals surface area contributed by atoms with E-state index in [2.05, 4.69) is 32.7 Å². The van der Waals surface area contributed by atoms with Crippen molar-refractivity contribution >= 4 is 44.8 Å². The lowest BCUT2D eigenvalue weighted by atomic mass is 9.94. The Kier molecular flexibility index (Phi) is 4.15. The predicted octanol–water partition coefficient (Wildman–Crippen LogP) is 4.97. The van der Waals surface area contributed by atoms with E-state index in [1.165, 1.54) is 10.4 Å². The fourth-order valence-corrected chi connectivity index (χ4v) is 4.40. The monoisotopic (exact) mass is 369 g/mol. The Morgan fingerprint density at radius 2 is 2.25 bits per heavy atom. The van der Waals surface area contributed by atoms with Crippen molar-refractivity contribution in [1.82, 2.24) is 5.32 Å². The van der Waals surface area contributed by atoms with Crippen molar-refractivity contribution in [1.29, 1.82) is 0 Å². The maximum absolute atomic E-state index is 12.4. The van der Waals surface area contributed by atoms with E-state index in [0.29, 0.717) is 10.6 Å². The summed E-state index contributed by atoms with van der Waals surface area (Å²) in [5.41, 5.74) is 1.90. The largest absolute Gasteiger partial charge is 0.345 e. The summed E-state index contributed by atoms with van der Waals surface area (Å²) >= 11 is 11.1. The highest BCUT2D eigenvalue weighted by molar-refractivity contribution is 9.10. The van der Waals surface area contributed by atoms with Crippen LogP contribution in [0.25, 0.3) is 0 Å². The number of halogens is 2. The molecule has 1 aromatic carbocycles. The second-order valence-corrected chi connectivity index (χ2v) is 7.13. The van der Waals surface area contributed by atoms with E-state index in [-0.39, 0.29) is 11.9 Å². The summed E-state index contributed by atoms with van der Waals surface area (Å²) in [6.07, 6.45) is 3.25. The molecule has 0 saturated heterocycles. The van der Waals surface area contributed by atoms with Crippen LogP contribution < -0.4 is 5.32 Å². The summed E-state index contributed by atoms with van der Waals surface area (Å²) in [5.74, 6) is -0.0578. The van der Waals surface area contributed by atoms with E-state index < -0.39 is 0 Å². The SMILES string of the molecule is O=C(NC1CCCc2sccc21)c1ccc(Cl)cc1Br. The molecule has 1 heterocycles. The number of carbonyl (C=O) groups is 1. The molecule has 20 heavy (non-hydrogen) atoms. The van der Waals surface area contributed by atoms with Crippen molar-refractivity contribution in [2.24, 2.45) is 0 Å². The number of rotatable bonds is 2. The van der Waals surface area contributed by atoms with E-state index >= 15 is 0 Å². The summed E-state index contributed by atoms with van der Waals surface area (Å²) in [7, 11) is 0. The molecule has 0 radical (unpaired) electrons. The molecule has 104 valence electrons. The van der Waals surface area contributed by atoms with Gasteiger partial charge in [-0.3, -0.25) is 4.79 Å².